The Balaban J connectivity index is 1.83. The first kappa shape index (κ1) is 14.9. The molecule has 0 radical (unpaired) electrons. The summed E-state index contributed by atoms with van der Waals surface area (Å²) in [7, 11) is 0. The maximum atomic E-state index is 11.9. The van der Waals surface area contributed by atoms with E-state index in [1.807, 2.05) is 38.1 Å². The highest BCUT2D eigenvalue weighted by Gasteiger charge is 2.12. The van der Waals surface area contributed by atoms with E-state index >= 15 is 0 Å². The van der Waals surface area contributed by atoms with Gasteiger partial charge in [-0.15, -0.1) is 0 Å². The van der Waals surface area contributed by atoms with Gasteiger partial charge in [-0.25, -0.2) is 0 Å². The fourth-order valence-corrected chi connectivity index (χ4v) is 2.07. The number of carbonyl (C=O) groups excluding carboxylic acids is 1. The van der Waals surface area contributed by atoms with Gasteiger partial charge in [0.2, 0.25) is 5.91 Å². The topological polar surface area (TPSA) is 66.0 Å². The number of furan rings is 1. The summed E-state index contributed by atoms with van der Waals surface area (Å²) in [5.74, 6) is 1.59. The van der Waals surface area contributed by atoms with Crippen LogP contribution >= 0.6 is 0 Å². The zero-order valence-corrected chi connectivity index (χ0v) is 12.2. The molecular formula is C17H18N2O2. The number of carbonyl (C=O) groups is 1. The number of aryl methyl sites for hydroxylation is 2. The first-order chi connectivity index (χ1) is 10.1. The summed E-state index contributed by atoms with van der Waals surface area (Å²) in [5.41, 5.74) is 1.68. The molecular weight excluding hydrogens is 264 g/mol. The molecule has 2 rings (SSSR count). The van der Waals surface area contributed by atoms with Gasteiger partial charge >= 0.3 is 0 Å². The van der Waals surface area contributed by atoms with Crippen LogP contribution in [0.1, 0.15) is 42.0 Å². The van der Waals surface area contributed by atoms with E-state index < -0.39 is 0 Å². The predicted octanol–water partition coefficient (Wildman–Crippen LogP) is 3.27. The van der Waals surface area contributed by atoms with Gasteiger partial charge in [-0.2, -0.15) is 5.26 Å². The Kier molecular flexibility index (Phi) is 4.78. The van der Waals surface area contributed by atoms with Crippen LogP contribution in [-0.2, 0) is 11.2 Å². The molecule has 1 atom stereocenters. The van der Waals surface area contributed by atoms with Crippen molar-refractivity contribution >= 4 is 5.91 Å². The third-order valence-corrected chi connectivity index (χ3v) is 3.29. The Bertz CT molecular complexity index is 650. The van der Waals surface area contributed by atoms with Gasteiger partial charge in [-0.05, 0) is 50.1 Å². The molecule has 4 heteroatoms. The average molecular weight is 282 g/mol. The van der Waals surface area contributed by atoms with E-state index in [1.165, 1.54) is 0 Å². The predicted molar refractivity (Wildman–Crippen MR) is 79.5 cm³/mol. The van der Waals surface area contributed by atoms with Crippen molar-refractivity contribution in [3.05, 3.63) is 59.0 Å². The lowest BCUT2D eigenvalue weighted by Crippen LogP contribution is -2.26. The summed E-state index contributed by atoms with van der Waals surface area (Å²) >= 11 is 0. The van der Waals surface area contributed by atoms with Crippen molar-refractivity contribution in [2.45, 2.75) is 32.7 Å². The summed E-state index contributed by atoms with van der Waals surface area (Å²) in [5, 5.41) is 11.6. The van der Waals surface area contributed by atoms with Crippen LogP contribution in [0.4, 0.5) is 0 Å². The zero-order chi connectivity index (χ0) is 15.2. The lowest BCUT2D eigenvalue weighted by Gasteiger charge is -2.11. The van der Waals surface area contributed by atoms with Crippen LogP contribution < -0.4 is 5.32 Å². The fraction of sp³-hybridized carbons (Fsp3) is 0.294. The molecule has 1 amide bonds. The first-order valence-corrected chi connectivity index (χ1v) is 6.93. The van der Waals surface area contributed by atoms with Crippen molar-refractivity contribution in [3.8, 4) is 6.07 Å². The summed E-state index contributed by atoms with van der Waals surface area (Å²) in [4.78, 5) is 11.9. The molecule has 0 bridgehead atoms. The van der Waals surface area contributed by atoms with E-state index in [9.17, 15) is 4.79 Å². The Morgan fingerprint density at radius 1 is 1.29 bits per heavy atom. The number of nitrogens with one attached hydrogen (secondary N) is 1. The number of nitrogens with zero attached hydrogens (tertiary/aromatic N) is 1. The monoisotopic (exact) mass is 282 g/mol. The maximum absolute atomic E-state index is 11.9. The van der Waals surface area contributed by atoms with Gasteiger partial charge in [-0.1, -0.05) is 12.1 Å². The number of hydrogen-bond acceptors (Lipinski definition) is 3. The molecule has 1 aromatic carbocycles. The van der Waals surface area contributed by atoms with Gasteiger partial charge in [0.05, 0.1) is 17.7 Å². The van der Waals surface area contributed by atoms with Crippen LogP contribution in [0.5, 0.6) is 0 Å². The molecule has 0 aliphatic heterocycles. The average Bonchev–Trinajstić information content (AvgIpc) is 2.92. The Morgan fingerprint density at radius 2 is 2.00 bits per heavy atom. The van der Waals surface area contributed by atoms with E-state index in [0.717, 1.165) is 17.1 Å². The highest BCUT2D eigenvalue weighted by molar-refractivity contribution is 5.76. The third kappa shape index (κ3) is 4.22. The summed E-state index contributed by atoms with van der Waals surface area (Å²) in [6, 6.07) is 13.0. The molecule has 2 aromatic rings. The molecule has 0 fully saturated rings. The van der Waals surface area contributed by atoms with Crippen LogP contribution in [0.2, 0.25) is 0 Å². The molecule has 0 saturated heterocycles. The van der Waals surface area contributed by atoms with Gasteiger partial charge in [0.25, 0.3) is 0 Å². The minimum absolute atomic E-state index is 0.0130. The highest BCUT2D eigenvalue weighted by atomic mass is 16.3. The van der Waals surface area contributed by atoms with Crippen LogP contribution in [-0.4, -0.2) is 5.91 Å². The fourth-order valence-electron chi connectivity index (χ4n) is 2.07. The lowest BCUT2D eigenvalue weighted by molar-refractivity contribution is -0.121. The second kappa shape index (κ2) is 6.76. The van der Waals surface area contributed by atoms with Gasteiger partial charge in [0.15, 0.2) is 0 Å². The van der Waals surface area contributed by atoms with Crippen LogP contribution in [0.25, 0.3) is 0 Å². The van der Waals surface area contributed by atoms with Gasteiger partial charge in [-0.3, -0.25) is 4.79 Å². The van der Waals surface area contributed by atoms with E-state index in [0.29, 0.717) is 18.4 Å². The van der Waals surface area contributed by atoms with Gasteiger partial charge < -0.3 is 9.73 Å². The van der Waals surface area contributed by atoms with Crippen molar-refractivity contribution in [1.82, 2.24) is 5.32 Å². The second-order valence-corrected chi connectivity index (χ2v) is 5.05. The maximum Gasteiger partial charge on any atom is 0.220 e. The smallest absolute Gasteiger partial charge is 0.220 e. The Morgan fingerprint density at radius 3 is 2.57 bits per heavy atom. The van der Waals surface area contributed by atoms with Crippen LogP contribution in [0.3, 0.4) is 0 Å². The number of benzene rings is 1. The summed E-state index contributed by atoms with van der Waals surface area (Å²) in [6.07, 6.45) is 1.07. The molecule has 0 aliphatic rings. The Hall–Kier alpha value is -2.54. The second-order valence-electron chi connectivity index (χ2n) is 5.05. The van der Waals surface area contributed by atoms with E-state index in [1.54, 1.807) is 12.1 Å². The largest absolute Gasteiger partial charge is 0.464 e. The SMILES string of the molecule is Cc1ccc([C@H](C)NC(=O)CCc2ccc(C#N)cc2)o1. The molecule has 1 aromatic heterocycles. The molecule has 21 heavy (non-hydrogen) atoms. The minimum Gasteiger partial charge on any atom is -0.464 e. The van der Waals surface area contributed by atoms with Crippen LogP contribution in [0.15, 0.2) is 40.8 Å². The van der Waals surface area contributed by atoms with Crippen molar-refractivity contribution in [2.24, 2.45) is 0 Å². The number of hydrogen-bond donors (Lipinski definition) is 1. The standard InChI is InChI=1S/C17H18N2O2/c1-12-3-9-16(21-12)13(2)19-17(20)10-8-14-4-6-15(11-18)7-5-14/h3-7,9,13H,8,10H2,1-2H3,(H,19,20)/t13-/m0/s1. The number of nitriles is 1. The van der Waals surface area contributed by atoms with Crippen molar-refractivity contribution < 1.29 is 9.21 Å². The first-order valence-electron chi connectivity index (χ1n) is 6.93. The van der Waals surface area contributed by atoms with E-state index in [-0.39, 0.29) is 11.9 Å². The Labute approximate surface area is 124 Å². The van der Waals surface area contributed by atoms with Gasteiger partial charge in [0.1, 0.15) is 11.5 Å². The van der Waals surface area contributed by atoms with Crippen LogP contribution in [0, 0.1) is 18.3 Å². The highest BCUT2D eigenvalue weighted by Crippen LogP contribution is 2.15. The third-order valence-electron chi connectivity index (χ3n) is 3.29. The molecule has 4 nitrogen and oxygen atoms in total. The van der Waals surface area contributed by atoms with E-state index in [4.69, 9.17) is 9.68 Å². The van der Waals surface area contributed by atoms with Crippen molar-refractivity contribution in [3.63, 3.8) is 0 Å². The molecule has 1 N–H and O–H groups in total. The number of rotatable bonds is 5. The van der Waals surface area contributed by atoms with Crippen molar-refractivity contribution in [1.29, 1.82) is 5.26 Å². The summed E-state index contributed by atoms with van der Waals surface area (Å²) < 4.78 is 5.49. The molecule has 0 saturated carbocycles. The number of amides is 1. The quantitative estimate of drug-likeness (QED) is 0.915. The molecule has 1 heterocycles. The lowest BCUT2D eigenvalue weighted by atomic mass is 10.1. The molecule has 0 unspecified atom stereocenters. The minimum atomic E-state index is -0.132. The molecule has 0 aliphatic carbocycles. The van der Waals surface area contributed by atoms with E-state index in [2.05, 4.69) is 11.4 Å². The van der Waals surface area contributed by atoms with Gasteiger partial charge in [0, 0.05) is 6.42 Å². The molecule has 0 spiro atoms. The zero-order valence-electron chi connectivity index (χ0n) is 12.2. The molecule has 108 valence electrons. The normalized spacial score (nSPS) is 11.7. The summed E-state index contributed by atoms with van der Waals surface area (Å²) in [6.45, 7) is 3.78. The van der Waals surface area contributed by atoms with Crippen molar-refractivity contribution in [2.75, 3.05) is 0 Å².